The molecule has 6 nitrogen and oxygen atoms in total. The Kier molecular flexibility index (Phi) is 5.08. The molecule has 0 aliphatic carbocycles. The number of piperazine rings is 1. The van der Waals surface area contributed by atoms with Gasteiger partial charge in [-0.3, -0.25) is 14.5 Å². The largest absolute Gasteiger partial charge is 0.328 e. The molecule has 8 heteroatoms. The first kappa shape index (κ1) is 17.8. The summed E-state index contributed by atoms with van der Waals surface area (Å²) in [6.07, 6.45) is 3.60. The molecule has 0 aromatic carbocycles. The van der Waals surface area contributed by atoms with Gasteiger partial charge in [0.15, 0.2) is 0 Å². The molecule has 0 saturated carbocycles. The van der Waals surface area contributed by atoms with E-state index in [2.05, 4.69) is 15.4 Å². The maximum atomic E-state index is 13.1. The number of amides is 1. The second kappa shape index (κ2) is 7.11. The normalized spacial score (nSPS) is 17.5. The second-order valence-corrected chi connectivity index (χ2v) is 7.07. The molecule has 0 radical (unpaired) electrons. The predicted octanol–water partition coefficient (Wildman–Crippen LogP) is 2.55. The smallest absolute Gasteiger partial charge is 0.264 e. The maximum Gasteiger partial charge on any atom is 0.264 e. The summed E-state index contributed by atoms with van der Waals surface area (Å²) in [5.74, 6) is 0.0888. The number of nitrogens with zero attached hydrogens (tertiary/aromatic N) is 4. The number of aryl methyl sites for hydroxylation is 2. The molecule has 1 unspecified atom stereocenters. The lowest BCUT2D eigenvalue weighted by molar-refractivity contribution is 0.0639. The lowest BCUT2D eigenvalue weighted by Crippen LogP contribution is -2.48. The highest BCUT2D eigenvalue weighted by Gasteiger charge is 2.30. The topological polar surface area (TPSA) is 63.1 Å². The third kappa shape index (κ3) is 3.15. The Balaban J connectivity index is 0.00000182. The predicted molar refractivity (Wildman–Crippen MR) is 101 cm³/mol. The molecule has 3 aromatic rings. The average molecular weight is 378 g/mol. The fourth-order valence-electron chi connectivity index (χ4n) is 3.27. The van der Waals surface area contributed by atoms with Gasteiger partial charge in [-0.2, -0.15) is 5.10 Å². The summed E-state index contributed by atoms with van der Waals surface area (Å²) in [5, 5.41) is 8.86. The summed E-state index contributed by atoms with van der Waals surface area (Å²) in [6, 6.07) is 5.95. The first-order valence-electron chi connectivity index (χ1n) is 8.00. The molecule has 1 fully saturated rings. The number of pyridine rings is 1. The fraction of sp³-hybridized carbons (Fsp3) is 0.353. The van der Waals surface area contributed by atoms with Gasteiger partial charge in [0.1, 0.15) is 4.83 Å². The van der Waals surface area contributed by atoms with E-state index < -0.39 is 0 Å². The van der Waals surface area contributed by atoms with Crippen LogP contribution in [-0.2, 0) is 7.05 Å². The highest BCUT2D eigenvalue weighted by atomic mass is 35.5. The highest BCUT2D eigenvalue weighted by molar-refractivity contribution is 7.20. The molecule has 1 atom stereocenters. The molecular weight excluding hydrogens is 358 g/mol. The summed E-state index contributed by atoms with van der Waals surface area (Å²) in [5.41, 5.74) is 2.03. The van der Waals surface area contributed by atoms with Crippen LogP contribution in [0.5, 0.6) is 0 Å². The molecule has 25 heavy (non-hydrogen) atoms. The Morgan fingerprint density at radius 1 is 1.44 bits per heavy atom. The summed E-state index contributed by atoms with van der Waals surface area (Å²) in [6.45, 7) is 4.24. The Morgan fingerprint density at radius 3 is 3.00 bits per heavy atom. The standard InChI is InChI=1S/C17H19N5OS.ClH/c1-11-13-8-15(24-17(13)21(2)20-11)16(23)22-7-6-19-10-14(22)12-4-3-5-18-9-12;/h3-5,8-9,14,19H,6-7,10H2,1-2H3;1H. The number of rotatable bonds is 2. The van der Waals surface area contributed by atoms with Crippen LogP contribution in [0.4, 0.5) is 0 Å². The molecule has 3 aromatic heterocycles. The number of thiophene rings is 1. The number of hydrogen-bond donors (Lipinski definition) is 1. The van der Waals surface area contributed by atoms with Gasteiger partial charge in [-0.25, -0.2) is 0 Å². The molecule has 4 heterocycles. The molecule has 0 bridgehead atoms. The van der Waals surface area contributed by atoms with Crippen LogP contribution >= 0.6 is 23.7 Å². The lowest BCUT2D eigenvalue weighted by atomic mass is 10.1. The number of carbonyl (C=O) groups is 1. The lowest BCUT2D eigenvalue weighted by Gasteiger charge is -2.36. The Hall–Kier alpha value is -1.96. The van der Waals surface area contributed by atoms with Gasteiger partial charge >= 0.3 is 0 Å². The van der Waals surface area contributed by atoms with Crippen molar-refractivity contribution < 1.29 is 4.79 Å². The van der Waals surface area contributed by atoms with Crippen LogP contribution in [0.15, 0.2) is 30.6 Å². The molecule has 4 rings (SSSR count). The summed E-state index contributed by atoms with van der Waals surface area (Å²) in [7, 11) is 1.92. The van der Waals surface area contributed by atoms with E-state index >= 15 is 0 Å². The molecule has 1 aliphatic heterocycles. The van der Waals surface area contributed by atoms with E-state index in [0.29, 0.717) is 6.54 Å². The minimum atomic E-state index is 0. The molecular formula is C17H20ClN5OS. The number of carbonyl (C=O) groups excluding carboxylic acids is 1. The first-order valence-corrected chi connectivity index (χ1v) is 8.81. The van der Waals surface area contributed by atoms with Crippen LogP contribution in [0.25, 0.3) is 10.2 Å². The van der Waals surface area contributed by atoms with Gasteiger partial charge in [0.25, 0.3) is 5.91 Å². The van der Waals surface area contributed by atoms with Crippen LogP contribution in [0.1, 0.15) is 27.0 Å². The highest BCUT2D eigenvalue weighted by Crippen LogP contribution is 2.31. The van der Waals surface area contributed by atoms with Crippen molar-refractivity contribution in [3.8, 4) is 0 Å². The minimum absolute atomic E-state index is 0. The third-order valence-electron chi connectivity index (χ3n) is 4.48. The summed E-state index contributed by atoms with van der Waals surface area (Å²) >= 11 is 1.52. The van der Waals surface area contributed by atoms with E-state index in [1.807, 2.05) is 47.9 Å². The fourth-order valence-corrected chi connectivity index (χ4v) is 4.35. The van der Waals surface area contributed by atoms with E-state index in [9.17, 15) is 4.79 Å². The van der Waals surface area contributed by atoms with E-state index in [0.717, 1.165) is 39.4 Å². The Morgan fingerprint density at radius 2 is 2.28 bits per heavy atom. The second-order valence-electron chi connectivity index (χ2n) is 6.04. The van der Waals surface area contributed by atoms with Crippen molar-refractivity contribution in [1.29, 1.82) is 0 Å². The number of nitrogens with one attached hydrogen (secondary N) is 1. The van der Waals surface area contributed by atoms with Crippen LogP contribution in [0, 0.1) is 6.92 Å². The SMILES string of the molecule is Cc1nn(C)c2sc(C(=O)N3CCNCC3c3cccnc3)cc12.Cl. The number of fused-ring (bicyclic) bond motifs is 1. The first-order chi connectivity index (χ1) is 11.6. The van der Waals surface area contributed by atoms with Crippen molar-refractivity contribution >= 4 is 39.9 Å². The van der Waals surface area contributed by atoms with Crippen LogP contribution in [0.2, 0.25) is 0 Å². The minimum Gasteiger partial charge on any atom is -0.328 e. The summed E-state index contributed by atoms with van der Waals surface area (Å²) < 4.78 is 1.85. The van der Waals surface area contributed by atoms with Crippen molar-refractivity contribution in [3.05, 3.63) is 46.7 Å². The van der Waals surface area contributed by atoms with Gasteiger partial charge in [-0.15, -0.1) is 23.7 Å². The zero-order valence-corrected chi connectivity index (χ0v) is 15.7. The van der Waals surface area contributed by atoms with Crippen LogP contribution in [-0.4, -0.2) is 45.2 Å². The zero-order chi connectivity index (χ0) is 16.7. The summed E-state index contributed by atoms with van der Waals surface area (Å²) in [4.78, 5) is 21.1. The quantitative estimate of drug-likeness (QED) is 0.745. The third-order valence-corrected chi connectivity index (χ3v) is 5.67. The molecule has 1 amide bonds. The monoisotopic (exact) mass is 377 g/mol. The van der Waals surface area contributed by atoms with Crippen molar-refractivity contribution in [1.82, 2.24) is 25.0 Å². The molecule has 1 N–H and O–H groups in total. The molecule has 0 spiro atoms. The van der Waals surface area contributed by atoms with E-state index in [4.69, 9.17) is 0 Å². The Bertz CT molecular complexity index is 857. The number of aromatic nitrogens is 3. The number of halogens is 1. The van der Waals surface area contributed by atoms with E-state index in [1.165, 1.54) is 11.3 Å². The maximum absolute atomic E-state index is 13.1. The molecule has 132 valence electrons. The van der Waals surface area contributed by atoms with Crippen LogP contribution in [0.3, 0.4) is 0 Å². The van der Waals surface area contributed by atoms with Gasteiger partial charge in [-0.1, -0.05) is 6.07 Å². The van der Waals surface area contributed by atoms with E-state index in [-0.39, 0.29) is 24.4 Å². The van der Waals surface area contributed by atoms with Gasteiger partial charge in [0.05, 0.1) is 16.6 Å². The van der Waals surface area contributed by atoms with Crippen molar-refractivity contribution in [2.75, 3.05) is 19.6 Å². The average Bonchev–Trinajstić information content (AvgIpc) is 3.17. The van der Waals surface area contributed by atoms with Gasteiger partial charge in [0.2, 0.25) is 0 Å². The number of hydrogen-bond acceptors (Lipinski definition) is 5. The zero-order valence-electron chi connectivity index (χ0n) is 14.1. The van der Waals surface area contributed by atoms with Crippen molar-refractivity contribution in [3.63, 3.8) is 0 Å². The molecule has 1 aliphatic rings. The molecule has 1 saturated heterocycles. The van der Waals surface area contributed by atoms with Crippen molar-refractivity contribution in [2.45, 2.75) is 13.0 Å². The van der Waals surface area contributed by atoms with Gasteiger partial charge in [-0.05, 0) is 24.6 Å². The van der Waals surface area contributed by atoms with Gasteiger partial charge < -0.3 is 10.2 Å². The van der Waals surface area contributed by atoms with Crippen LogP contribution < -0.4 is 5.32 Å². The van der Waals surface area contributed by atoms with Gasteiger partial charge in [0, 0.05) is 44.5 Å². The Labute approximate surface area is 156 Å². The van der Waals surface area contributed by atoms with Crippen molar-refractivity contribution in [2.24, 2.45) is 7.05 Å². The van der Waals surface area contributed by atoms with E-state index in [1.54, 1.807) is 6.20 Å².